The Bertz CT molecular complexity index is 1390. The van der Waals surface area contributed by atoms with E-state index in [-0.39, 0.29) is 40.7 Å². The molecular weight excluding hydrogens is 498 g/mol. The van der Waals surface area contributed by atoms with E-state index < -0.39 is 22.8 Å². The molecular formula is C26H28F2N6O2S. The van der Waals surface area contributed by atoms with E-state index in [1.54, 1.807) is 18.2 Å². The van der Waals surface area contributed by atoms with Crippen molar-refractivity contribution in [2.75, 3.05) is 12.3 Å². The summed E-state index contributed by atoms with van der Waals surface area (Å²) >= 11 is 0. The van der Waals surface area contributed by atoms with Crippen LogP contribution >= 0.6 is 0 Å². The minimum atomic E-state index is -1.09. The van der Waals surface area contributed by atoms with Gasteiger partial charge in [-0.1, -0.05) is 32.0 Å². The number of nitrogens with zero attached hydrogens (tertiary/aromatic N) is 4. The molecule has 4 rings (SSSR count). The molecule has 2 aromatic carbocycles. The normalized spacial score (nSPS) is 13.9. The molecule has 11 heteroatoms. The summed E-state index contributed by atoms with van der Waals surface area (Å²) in [7, 11) is -1.09. The molecule has 0 fully saturated rings. The number of rotatable bonds is 10. The van der Waals surface area contributed by atoms with Crippen LogP contribution in [0.3, 0.4) is 0 Å². The summed E-state index contributed by atoms with van der Waals surface area (Å²) in [6, 6.07) is 11.8. The van der Waals surface area contributed by atoms with Gasteiger partial charge in [-0.05, 0) is 43.2 Å². The molecule has 0 aliphatic carbocycles. The molecule has 2 heterocycles. The Morgan fingerprint density at radius 2 is 1.84 bits per heavy atom. The summed E-state index contributed by atoms with van der Waals surface area (Å²) in [4.78, 5) is 9.48. The molecule has 194 valence electrons. The maximum atomic E-state index is 14.8. The lowest BCUT2D eigenvalue weighted by Gasteiger charge is -2.09. The van der Waals surface area contributed by atoms with Crippen LogP contribution < -0.4 is 11.1 Å². The molecule has 0 spiro atoms. The number of nitrogens with two attached hydrogens (primary N) is 1. The van der Waals surface area contributed by atoms with Crippen LogP contribution in [0, 0.1) is 5.82 Å². The third-order valence-corrected chi connectivity index (χ3v) is 7.57. The summed E-state index contributed by atoms with van der Waals surface area (Å²) in [6.07, 6.45) is 1.35. The number of hydrogen-bond acceptors (Lipinski definition) is 8. The van der Waals surface area contributed by atoms with E-state index in [1.165, 1.54) is 25.3 Å². The van der Waals surface area contributed by atoms with Crippen LogP contribution in [0.4, 0.5) is 14.6 Å². The quantitative estimate of drug-likeness (QED) is 0.298. The third-order valence-electron chi connectivity index (χ3n) is 5.77. The van der Waals surface area contributed by atoms with Gasteiger partial charge < -0.3 is 15.5 Å². The Morgan fingerprint density at radius 1 is 1.11 bits per heavy atom. The summed E-state index contributed by atoms with van der Waals surface area (Å²) < 4.78 is 45.9. The van der Waals surface area contributed by atoms with Crippen molar-refractivity contribution in [3.63, 3.8) is 0 Å². The number of halogens is 2. The second-order valence-corrected chi connectivity index (χ2v) is 10.5. The summed E-state index contributed by atoms with van der Waals surface area (Å²) in [5.41, 5.74) is 8.23. The number of hydrogen-bond donors (Lipinski definition) is 2. The first-order valence-electron chi connectivity index (χ1n) is 11.9. The van der Waals surface area contributed by atoms with E-state index in [0.717, 1.165) is 16.9 Å². The smallest absolute Gasteiger partial charge is 0.270 e. The molecule has 3 unspecified atom stereocenters. The van der Waals surface area contributed by atoms with Gasteiger partial charge in [0.25, 0.3) is 11.8 Å². The highest BCUT2D eigenvalue weighted by Gasteiger charge is 2.19. The zero-order chi connectivity index (χ0) is 26.5. The van der Waals surface area contributed by atoms with Crippen molar-refractivity contribution in [1.82, 2.24) is 25.5 Å². The van der Waals surface area contributed by atoms with Crippen LogP contribution in [-0.4, -0.2) is 42.3 Å². The van der Waals surface area contributed by atoms with E-state index >= 15 is 0 Å². The SMILES string of the molecule is CCC(C)S(=O)c1ccc(-c2cnc(N)c(-c3nnc(-c4ccc(CNCC(C)F)cc4F)o3)n2)cc1. The van der Waals surface area contributed by atoms with E-state index in [9.17, 15) is 13.0 Å². The van der Waals surface area contributed by atoms with Crippen molar-refractivity contribution in [2.24, 2.45) is 0 Å². The molecule has 2 aromatic heterocycles. The maximum Gasteiger partial charge on any atom is 0.270 e. The highest BCUT2D eigenvalue weighted by atomic mass is 32.2. The average molecular weight is 527 g/mol. The second kappa shape index (κ2) is 11.7. The van der Waals surface area contributed by atoms with Gasteiger partial charge in [0.15, 0.2) is 11.5 Å². The van der Waals surface area contributed by atoms with E-state index in [0.29, 0.717) is 17.8 Å². The maximum absolute atomic E-state index is 14.8. The molecule has 37 heavy (non-hydrogen) atoms. The van der Waals surface area contributed by atoms with Gasteiger partial charge in [0.1, 0.15) is 12.0 Å². The molecule has 0 bridgehead atoms. The molecule has 0 aliphatic heterocycles. The van der Waals surface area contributed by atoms with Crippen molar-refractivity contribution < 1.29 is 17.4 Å². The van der Waals surface area contributed by atoms with Gasteiger partial charge in [0, 0.05) is 28.8 Å². The number of nitrogen functional groups attached to an aromatic ring is 1. The highest BCUT2D eigenvalue weighted by Crippen LogP contribution is 2.29. The van der Waals surface area contributed by atoms with Gasteiger partial charge in [-0.2, -0.15) is 0 Å². The standard InChI is InChI=1S/C26H28F2N6O2S/c1-4-16(3)37(35)19-8-6-18(7-9-19)22-14-31-24(29)23(32-22)26-34-33-25(36-26)20-10-5-17(11-21(20)28)13-30-12-15(2)27/h5-11,14-16,30H,4,12-13H2,1-3H3,(H2,29,31). The zero-order valence-electron chi connectivity index (χ0n) is 20.7. The lowest BCUT2D eigenvalue weighted by atomic mass is 10.1. The molecule has 0 amide bonds. The first-order chi connectivity index (χ1) is 17.8. The monoisotopic (exact) mass is 526 g/mol. The number of nitrogens with one attached hydrogen (secondary N) is 1. The highest BCUT2D eigenvalue weighted by molar-refractivity contribution is 7.85. The van der Waals surface area contributed by atoms with Gasteiger partial charge in [-0.3, -0.25) is 4.21 Å². The minimum Gasteiger partial charge on any atom is -0.414 e. The lowest BCUT2D eigenvalue weighted by Crippen LogP contribution is -2.21. The molecule has 0 radical (unpaired) electrons. The average Bonchev–Trinajstić information content (AvgIpc) is 3.38. The number of alkyl halides is 1. The van der Waals surface area contributed by atoms with Gasteiger partial charge in [0.2, 0.25) is 0 Å². The van der Waals surface area contributed by atoms with Crippen LogP contribution in [0.2, 0.25) is 0 Å². The van der Waals surface area contributed by atoms with Crippen molar-refractivity contribution in [2.45, 2.75) is 50.1 Å². The Hall–Kier alpha value is -3.57. The van der Waals surface area contributed by atoms with Crippen LogP contribution in [0.25, 0.3) is 34.3 Å². The third kappa shape index (κ3) is 6.23. The van der Waals surface area contributed by atoms with Crippen LogP contribution in [0.5, 0.6) is 0 Å². The second-order valence-electron chi connectivity index (χ2n) is 8.67. The molecule has 0 saturated carbocycles. The Labute approximate surface area is 216 Å². The zero-order valence-corrected chi connectivity index (χ0v) is 21.6. The van der Waals surface area contributed by atoms with Gasteiger partial charge in [0.05, 0.1) is 28.3 Å². The van der Waals surface area contributed by atoms with E-state index in [1.807, 2.05) is 26.0 Å². The number of anilines is 1. The Balaban J connectivity index is 1.56. The van der Waals surface area contributed by atoms with Crippen molar-refractivity contribution >= 4 is 16.6 Å². The molecule has 8 nitrogen and oxygen atoms in total. The van der Waals surface area contributed by atoms with Gasteiger partial charge in [-0.15, -0.1) is 10.2 Å². The Morgan fingerprint density at radius 3 is 2.51 bits per heavy atom. The summed E-state index contributed by atoms with van der Waals surface area (Å²) in [5.74, 6) is -0.505. The van der Waals surface area contributed by atoms with Crippen molar-refractivity contribution in [1.29, 1.82) is 0 Å². The topological polar surface area (TPSA) is 120 Å². The predicted octanol–water partition coefficient (Wildman–Crippen LogP) is 4.94. The molecule has 0 saturated heterocycles. The van der Waals surface area contributed by atoms with Crippen LogP contribution in [0.15, 0.2) is 58.0 Å². The van der Waals surface area contributed by atoms with Gasteiger partial charge in [-0.25, -0.2) is 18.7 Å². The fourth-order valence-electron chi connectivity index (χ4n) is 3.52. The minimum absolute atomic E-state index is 0.00146. The Kier molecular flexibility index (Phi) is 8.34. The molecule has 0 aliphatic rings. The van der Waals surface area contributed by atoms with Crippen molar-refractivity contribution in [3.05, 3.63) is 60.0 Å². The van der Waals surface area contributed by atoms with Gasteiger partial charge >= 0.3 is 0 Å². The first-order valence-corrected chi connectivity index (χ1v) is 13.1. The number of benzene rings is 2. The number of aromatic nitrogens is 4. The lowest BCUT2D eigenvalue weighted by molar-refractivity contribution is 0.344. The molecule has 3 atom stereocenters. The van der Waals surface area contributed by atoms with E-state index in [2.05, 4.69) is 25.5 Å². The first kappa shape index (κ1) is 26.5. The molecule has 4 aromatic rings. The van der Waals surface area contributed by atoms with E-state index in [4.69, 9.17) is 10.2 Å². The molecule has 3 N–H and O–H groups in total. The van der Waals surface area contributed by atoms with Crippen LogP contribution in [-0.2, 0) is 17.3 Å². The predicted molar refractivity (Wildman–Crippen MR) is 139 cm³/mol. The summed E-state index contributed by atoms with van der Waals surface area (Å²) in [6.45, 7) is 5.91. The fraction of sp³-hybridized carbons (Fsp3) is 0.308. The summed E-state index contributed by atoms with van der Waals surface area (Å²) in [5, 5.41) is 10.9. The largest absolute Gasteiger partial charge is 0.414 e. The fourth-order valence-corrected chi connectivity index (χ4v) is 4.70. The van der Waals surface area contributed by atoms with Crippen molar-refractivity contribution in [3.8, 4) is 34.3 Å². The van der Waals surface area contributed by atoms with Crippen LogP contribution in [0.1, 0.15) is 32.8 Å².